The predicted octanol–water partition coefficient (Wildman–Crippen LogP) is 2.19. The van der Waals surface area contributed by atoms with Gasteiger partial charge in [-0.3, -0.25) is 0 Å². The van der Waals surface area contributed by atoms with Crippen LogP contribution in [0.15, 0.2) is 0 Å². The Kier molecular flexibility index (Phi) is 5.33. The second kappa shape index (κ2) is 6.30. The van der Waals surface area contributed by atoms with E-state index in [4.69, 9.17) is 4.74 Å². The Morgan fingerprint density at radius 1 is 1.43 bits per heavy atom. The van der Waals surface area contributed by atoms with Crippen LogP contribution >= 0.6 is 0 Å². The SMILES string of the molecule is CCCC(CNC1CC1)OCC(F)F. The van der Waals surface area contributed by atoms with E-state index in [1.54, 1.807) is 0 Å². The largest absolute Gasteiger partial charge is 0.371 e. The normalized spacial score (nSPS) is 18.9. The van der Waals surface area contributed by atoms with E-state index in [0.29, 0.717) is 12.6 Å². The summed E-state index contributed by atoms with van der Waals surface area (Å²) in [6, 6.07) is 0.615. The maximum atomic E-state index is 11.9. The molecule has 2 nitrogen and oxygen atoms in total. The van der Waals surface area contributed by atoms with Crippen LogP contribution < -0.4 is 5.32 Å². The zero-order valence-corrected chi connectivity index (χ0v) is 8.64. The first-order valence-corrected chi connectivity index (χ1v) is 5.35. The van der Waals surface area contributed by atoms with Crippen LogP contribution in [0, 0.1) is 0 Å². The summed E-state index contributed by atoms with van der Waals surface area (Å²) in [5, 5.41) is 3.30. The lowest BCUT2D eigenvalue weighted by molar-refractivity contribution is -0.0264. The van der Waals surface area contributed by atoms with Crippen LogP contribution in [0.2, 0.25) is 0 Å². The molecule has 0 aromatic carbocycles. The first-order chi connectivity index (χ1) is 6.72. The summed E-state index contributed by atoms with van der Waals surface area (Å²) in [5.74, 6) is 0. The van der Waals surface area contributed by atoms with Crippen molar-refractivity contribution in [1.29, 1.82) is 0 Å². The number of halogens is 2. The smallest absolute Gasteiger partial charge is 0.261 e. The number of ether oxygens (including phenoxy) is 1. The Hall–Kier alpha value is -0.220. The Balaban J connectivity index is 2.08. The van der Waals surface area contributed by atoms with Gasteiger partial charge in [0.15, 0.2) is 0 Å². The summed E-state index contributed by atoms with van der Waals surface area (Å²) in [7, 11) is 0. The number of hydrogen-bond acceptors (Lipinski definition) is 2. The van der Waals surface area contributed by atoms with Crippen LogP contribution in [0.1, 0.15) is 32.6 Å². The van der Waals surface area contributed by atoms with Crippen LogP contribution in [-0.4, -0.2) is 31.7 Å². The van der Waals surface area contributed by atoms with Crippen molar-refractivity contribution in [3.05, 3.63) is 0 Å². The van der Waals surface area contributed by atoms with Gasteiger partial charge in [0.1, 0.15) is 6.61 Å². The van der Waals surface area contributed by atoms with E-state index in [-0.39, 0.29) is 6.10 Å². The van der Waals surface area contributed by atoms with Crippen molar-refractivity contribution in [3.8, 4) is 0 Å². The quantitative estimate of drug-likeness (QED) is 0.658. The molecular weight excluding hydrogens is 188 g/mol. The fourth-order valence-electron chi connectivity index (χ4n) is 1.36. The fraction of sp³-hybridized carbons (Fsp3) is 1.00. The third-order valence-corrected chi connectivity index (χ3v) is 2.28. The van der Waals surface area contributed by atoms with Gasteiger partial charge in [0.05, 0.1) is 6.10 Å². The van der Waals surface area contributed by atoms with Gasteiger partial charge in [0.25, 0.3) is 6.43 Å². The molecule has 1 aliphatic rings. The molecule has 14 heavy (non-hydrogen) atoms. The first-order valence-electron chi connectivity index (χ1n) is 5.35. The summed E-state index contributed by atoms with van der Waals surface area (Å²) in [6.07, 6.45) is 1.86. The minimum atomic E-state index is -2.35. The highest BCUT2D eigenvalue weighted by atomic mass is 19.3. The lowest BCUT2D eigenvalue weighted by atomic mass is 10.2. The average Bonchev–Trinajstić information content (AvgIpc) is 2.93. The van der Waals surface area contributed by atoms with E-state index in [1.165, 1.54) is 12.8 Å². The van der Waals surface area contributed by atoms with Crippen molar-refractivity contribution in [2.24, 2.45) is 0 Å². The second-order valence-corrected chi connectivity index (χ2v) is 3.82. The molecule has 0 aliphatic heterocycles. The van der Waals surface area contributed by atoms with E-state index in [2.05, 4.69) is 5.32 Å². The second-order valence-electron chi connectivity index (χ2n) is 3.82. The van der Waals surface area contributed by atoms with E-state index in [9.17, 15) is 8.78 Å². The molecule has 0 aromatic rings. The van der Waals surface area contributed by atoms with Crippen LogP contribution in [0.25, 0.3) is 0 Å². The highest BCUT2D eigenvalue weighted by Crippen LogP contribution is 2.18. The van der Waals surface area contributed by atoms with Crippen molar-refractivity contribution in [2.75, 3.05) is 13.2 Å². The van der Waals surface area contributed by atoms with Crippen molar-refractivity contribution in [2.45, 2.75) is 51.2 Å². The van der Waals surface area contributed by atoms with E-state index >= 15 is 0 Å². The van der Waals surface area contributed by atoms with Gasteiger partial charge in [0, 0.05) is 12.6 Å². The van der Waals surface area contributed by atoms with Gasteiger partial charge in [0.2, 0.25) is 0 Å². The molecule has 1 saturated carbocycles. The van der Waals surface area contributed by atoms with Gasteiger partial charge in [-0.1, -0.05) is 13.3 Å². The molecule has 1 unspecified atom stereocenters. The lowest BCUT2D eigenvalue weighted by Gasteiger charge is -2.17. The summed E-state index contributed by atoms with van der Waals surface area (Å²) in [5.41, 5.74) is 0. The molecule has 0 bridgehead atoms. The molecule has 1 fully saturated rings. The minimum absolute atomic E-state index is 0.0467. The molecule has 0 aromatic heterocycles. The zero-order chi connectivity index (χ0) is 10.4. The Morgan fingerprint density at radius 2 is 2.14 bits per heavy atom. The molecule has 1 rings (SSSR count). The van der Waals surface area contributed by atoms with Crippen molar-refractivity contribution in [3.63, 3.8) is 0 Å². The average molecular weight is 207 g/mol. The van der Waals surface area contributed by atoms with Gasteiger partial charge in [-0.25, -0.2) is 8.78 Å². The summed E-state index contributed by atoms with van der Waals surface area (Å²) in [4.78, 5) is 0. The molecule has 1 aliphatic carbocycles. The topological polar surface area (TPSA) is 21.3 Å². The molecule has 0 heterocycles. The molecule has 0 saturated heterocycles. The molecule has 4 heteroatoms. The maximum Gasteiger partial charge on any atom is 0.261 e. The fourth-order valence-corrected chi connectivity index (χ4v) is 1.36. The maximum absolute atomic E-state index is 11.9. The van der Waals surface area contributed by atoms with Crippen molar-refractivity contribution >= 4 is 0 Å². The van der Waals surface area contributed by atoms with Crippen LogP contribution in [0.3, 0.4) is 0 Å². The molecule has 0 radical (unpaired) electrons. The highest BCUT2D eigenvalue weighted by molar-refractivity contribution is 4.82. The lowest BCUT2D eigenvalue weighted by Crippen LogP contribution is -2.31. The zero-order valence-electron chi connectivity index (χ0n) is 8.64. The molecule has 1 N–H and O–H groups in total. The van der Waals surface area contributed by atoms with Gasteiger partial charge in [-0.2, -0.15) is 0 Å². The Bertz CT molecular complexity index is 145. The molecule has 0 spiro atoms. The van der Waals surface area contributed by atoms with Crippen LogP contribution in [0.5, 0.6) is 0 Å². The third-order valence-electron chi connectivity index (χ3n) is 2.28. The monoisotopic (exact) mass is 207 g/mol. The number of rotatable bonds is 8. The van der Waals surface area contributed by atoms with E-state index in [0.717, 1.165) is 12.8 Å². The number of hydrogen-bond donors (Lipinski definition) is 1. The third kappa shape index (κ3) is 5.50. The summed E-state index contributed by atoms with van der Waals surface area (Å²) >= 11 is 0. The highest BCUT2D eigenvalue weighted by Gasteiger charge is 2.22. The van der Waals surface area contributed by atoms with E-state index in [1.807, 2.05) is 6.92 Å². The van der Waals surface area contributed by atoms with E-state index < -0.39 is 13.0 Å². The molecular formula is C10H19F2NO. The summed E-state index contributed by atoms with van der Waals surface area (Å²) < 4.78 is 28.9. The van der Waals surface area contributed by atoms with Crippen molar-refractivity contribution < 1.29 is 13.5 Å². The number of alkyl halides is 2. The van der Waals surface area contributed by atoms with Crippen LogP contribution in [-0.2, 0) is 4.74 Å². The standard InChI is InChI=1S/C10H19F2NO/c1-2-3-9(14-7-10(11)12)6-13-8-4-5-8/h8-10,13H,2-7H2,1H3. The molecule has 84 valence electrons. The van der Waals surface area contributed by atoms with Crippen molar-refractivity contribution in [1.82, 2.24) is 5.32 Å². The predicted molar refractivity (Wildman–Crippen MR) is 51.7 cm³/mol. The Morgan fingerprint density at radius 3 is 2.64 bits per heavy atom. The molecule has 1 atom stereocenters. The minimum Gasteiger partial charge on any atom is -0.371 e. The number of nitrogens with one attached hydrogen (secondary N) is 1. The first kappa shape index (κ1) is 11.9. The Labute approximate surface area is 84.0 Å². The van der Waals surface area contributed by atoms with Crippen LogP contribution in [0.4, 0.5) is 8.78 Å². The van der Waals surface area contributed by atoms with Gasteiger partial charge < -0.3 is 10.1 Å². The van der Waals surface area contributed by atoms with Gasteiger partial charge in [-0.15, -0.1) is 0 Å². The van der Waals surface area contributed by atoms with Gasteiger partial charge in [-0.05, 0) is 19.3 Å². The summed E-state index contributed by atoms with van der Waals surface area (Å²) in [6.45, 7) is 2.32. The molecule has 0 amide bonds. The van der Waals surface area contributed by atoms with Gasteiger partial charge >= 0.3 is 0 Å².